The summed E-state index contributed by atoms with van der Waals surface area (Å²) < 4.78 is 5.35. The van der Waals surface area contributed by atoms with Crippen LogP contribution in [0.25, 0.3) is 11.1 Å². The molecule has 34 heavy (non-hydrogen) atoms. The van der Waals surface area contributed by atoms with Crippen LogP contribution in [0.15, 0.2) is 97.1 Å². The van der Waals surface area contributed by atoms with Crippen LogP contribution in [0.2, 0.25) is 0 Å². The van der Waals surface area contributed by atoms with Gasteiger partial charge in [0.05, 0.1) is 19.2 Å². The predicted octanol–water partition coefficient (Wildman–Crippen LogP) is 5.50. The fourth-order valence-corrected chi connectivity index (χ4v) is 3.58. The molecule has 4 rings (SSSR count). The van der Waals surface area contributed by atoms with Gasteiger partial charge in [-0.15, -0.1) is 0 Å². The maximum Gasteiger partial charge on any atom is 0.255 e. The van der Waals surface area contributed by atoms with Crippen molar-refractivity contribution in [3.05, 3.63) is 108 Å². The molecule has 0 spiro atoms. The van der Waals surface area contributed by atoms with Crippen molar-refractivity contribution in [3.63, 3.8) is 0 Å². The highest BCUT2D eigenvalue weighted by atomic mass is 16.5. The molecule has 4 aromatic carbocycles. The molecular formula is C28H24N2O4. The summed E-state index contributed by atoms with van der Waals surface area (Å²) in [7, 11) is 1.51. The molecule has 3 N–H and O–H groups in total. The number of aromatic hydroxyl groups is 1. The average Bonchev–Trinajstić information content (AvgIpc) is 2.85. The Labute approximate surface area is 197 Å². The quantitative estimate of drug-likeness (QED) is 0.345. The summed E-state index contributed by atoms with van der Waals surface area (Å²) in [5.41, 5.74) is 4.26. The van der Waals surface area contributed by atoms with Gasteiger partial charge in [0.1, 0.15) is 11.5 Å². The molecule has 0 saturated carbocycles. The van der Waals surface area contributed by atoms with Gasteiger partial charge in [0.25, 0.3) is 5.91 Å². The molecule has 0 aliphatic rings. The van der Waals surface area contributed by atoms with Gasteiger partial charge in [-0.2, -0.15) is 0 Å². The van der Waals surface area contributed by atoms with Crippen molar-refractivity contribution in [2.75, 3.05) is 17.7 Å². The molecular weight excluding hydrogens is 428 g/mol. The normalized spacial score (nSPS) is 10.4. The minimum absolute atomic E-state index is 0.0852. The second-order valence-electron chi connectivity index (χ2n) is 7.71. The number of hydrogen-bond donors (Lipinski definition) is 3. The third-order valence-corrected chi connectivity index (χ3v) is 5.26. The van der Waals surface area contributed by atoms with Gasteiger partial charge in [-0.3, -0.25) is 9.59 Å². The van der Waals surface area contributed by atoms with Crippen molar-refractivity contribution in [3.8, 4) is 22.6 Å². The summed E-state index contributed by atoms with van der Waals surface area (Å²) in [6.07, 6.45) is 0.0852. The topological polar surface area (TPSA) is 87.7 Å². The Kier molecular flexibility index (Phi) is 6.89. The van der Waals surface area contributed by atoms with E-state index in [4.69, 9.17) is 4.74 Å². The van der Waals surface area contributed by atoms with Crippen LogP contribution in [-0.4, -0.2) is 24.0 Å². The van der Waals surface area contributed by atoms with Gasteiger partial charge < -0.3 is 20.5 Å². The zero-order chi connectivity index (χ0) is 23.9. The number of methoxy groups -OCH3 is 1. The van der Waals surface area contributed by atoms with E-state index in [0.717, 1.165) is 11.1 Å². The second-order valence-corrected chi connectivity index (χ2v) is 7.71. The lowest BCUT2D eigenvalue weighted by Crippen LogP contribution is -2.16. The van der Waals surface area contributed by atoms with Crippen molar-refractivity contribution in [2.24, 2.45) is 0 Å². The van der Waals surface area contributed by atoms with E-state index in [1.165, 1.54) is 13.2 Å². The van der Waals surface area contributed by atoms with Crippen LogP contribution in [0, 0.1) is 0 Å². The van der Waals surface area contributed by atoms with Gasteiger partial charge in [-0.25, -0.2) is 0 Å². The van der Waals surface area contributed by atoms with Gasteiger partial charge >= 0.3 is 0 Å². The van der Waals surface area contributed by atoms with Crippen molar-refractivity contribution < 1.29 is 19.4 Å². The number of anilines is 2. The van der Waals surface area contributed by atoms with E-state index in [2.05, 4.69) is 10.6 Å². The predicted molar refractivity (Wildman–Crippen MR) is 133 cm³/mol. The lowest BCUT2D eigenvalue weighted by atomic mass is 10.0. The van der Waals surface area contributed by atoms with Crippen molar-refractivity contribution >= 4 is 23.2 Å². The first-order chi connectivity index (χ1) is 16.5. The molecule has 0 aliphatic carbocycles. The molecule has 4 aromatic rings. The molecule has 0 fully saturated rings. The number of ether oxygens (including phenoxy) is 1. The largest absolute Gasteiger partial charge is 0.508 e. The highest BCUT2D eigenvalue weighted by Crippen LogP contribution is 2.28. The number of benzene rings is 4. The van der Waals surface area contributed by atoms with Gasteiger partial charge in [0, 0.05) is 11.3 Å². The highest BCUT2D eigenvalue weighted by Gasteiger charge is 2.12. The van der Waals surface area contributed by atoms with Crippen LogP contribution in [0.5, 0.6) is 11.5 Å². The number of phenolic OH excluding ortho intramolecular Hbond substituents is 1. The Morgan fingerprint density at radius 2 is 1.53 bits per heavy atom. The van der Waals surface area contributed by atoms with E-state index in [0.29, 0.717) is 28.3 Å². The third kappa shape index (κ3) is 5.61. The van der Waals surface area contributed by atoms with Crippen molar-refractivity contribution in [1.82, 2.24) is 0 Å². The standard InChI is InChI=1S/C28H24N2O4/c1-34-26-15-14-23(18-25(26)30-27(32)17-19-6-5-9-24(31)16-19)29-28(33)22-12-10-21(11-13-22)20-7-3-2-4-8-20/h2-16,18,31H,17H2,1H3,(H,29,33)(H,30,32). The monoisotopic (exact) mass is 452 g/mol. The Balaban J connectivity index is 1.45. The molecule has 0 saturated heterocycles. The first kappa shape index (κ1) is 22.6. The molecule has 6 heteroatoms. The Hall–Kier alpha value is -4.58. The smallest absolute Gasteiger partial charge is 0.255 e. The molecule has 2 amide bonds. The number of rotatable bonds is 7. The molecule has 0 aromatic heterocycles. The molecule has 170 valence electrons. The number of carbonyl (C=O) groups is 2. The molecule has 0 unspecified atom stereocenters. The molecule has 0 aliphatic heterocycles. The zero-order valence-corrected chi connectivity index (χ0v) is 18.6. The van der Waals surface area contributed by atoms with E-state index in [-0.39, 0.29) is 24.0 Å². The van der Waals surface area contributed by atoms with Crippen LogP contribution < -0.4 is 15.4 Å². The summed E-state index contributed by atoms with van der Waals surface area (Å²) >= 11 is 0. The summed E-state index contributed by atoms with van der Waals surface area (Å²) in [6.45, 7) is 0. The van der Waals surface area contributed by atoms with E-state index in [1.54, 1.807) is 48.5 Å². The number of carbonyl (C=O) groups excluding carboxylic acids is 2. The van der Waals surface area contributed by atoms with Crippen LogP contribution in [0.3, 0.4) is 0 Å². The Morgan fingerprint density at radius 1 is 0.794 bits per heavy atom. The van der Waals surface area contributed by atoms with Gasteiger partial charge in [-0.05, 0) is 59.2 Å². The van der Waals surface area contributed by atoms with Crippen LogP contribution in [0.1, 0.15) is 15.9 Å². The summed E-state index contributed by atoms with van der Waals surface area (Å²) in [5, 5.41) is 15.3. The van der Waals surface area contributed by atoms with E-state index in [1.807, 2.05) is 42.5 Å². The maximum absolute atomic E-state index is 12.8. The van der Waals surface area contributed by atoms with Gasteiger partial charge in [-0.1, -0.05) is 54.6 Å². The minimum atomic E-state index is -0.274. The molecule has 0 atom stereocenters. The first-order valence-corrected chi connectivity index (χ1v) is 10.7. The third-order valence-electron chi connectivity index (χ3n) is 5.26. The Bertz CT molecular complexity index is 1300. The maximum atomic E-state index is 12.8. The van der Waals surface area contributed by atoms with Crippen LogP contribution >= 0.6 is 0 Å². The lowest BCUT2D eigenvalue weighted by molar-refractivity contribution is -0.115. The summed E-state index contributed by atoms with van der Waals surface area (Å²) in [5.74, 6) is 0.0320. The number of hydrogen-bond acceptors (Lipinski definition) is 4. The lowest BCUT2D eigenvalue weighted by Gasteiger charge is -2.13. The second kappa shape index (κ2) is 10.4. The fraction of sp³-hybridized carbons (Fsp3) is 0.0714. The summed E-state index contributed by atoms with van der Waals surface area (Å²) in [6, 6.07) is 28.9. The van der Waals surface area contributed by atoms with Crippen LogP contribution in [0.4, 0.5) is 11.4 Å². The molecule has 0 bridgehead atoms. The minimum Gasteiger partial charge on any atom is -0.508 e. The highest BCUT2D eigenvalue weighted by molar-refractivity contribution is 6.05. The van der Waals surface area contributed by atoms with E-state index >= 15 is 0 Å². The SMILES string of the molecule is COc1ccc(NC(=O)c2ccc(-c3ccccc3)cc2)cc1NC(=O)Cc1cccc(O)c1. The van der Waals surface area contributed by atoms with Crippen molar-refractivity contribution in [2.45, 2.75) is 6.42 Å². The number of amides is 2. The van der Waals surface area contributed by atoms with E-state index < -0.39 is 0 Å². The molecule has 6 nitrogen and oxygen atoms in total. The zero-order valence-electron chi connectivity index (χ0n) is 18.6. The van der Waals surface area contributed by atoms with Gasteiger partial charge in [0.2, 0.25) is 5.91 Å². The van der Waals surface area contributed by atoms with Gasteiger partial charge in [0.15, 0.2) is 0 Å². The Morgan fingerprint density at radius 3 is 2.24 bits per heavy atom. The average molecular weight is 453 g/mol. The first-order valence-electron chi connectivity index (χ1n) is 10.7. The number of phenols is 1. The van der Waals surface area contributed by atoms with Crippen LogP contribution in [-0.2, 0) is 11.2 Å². The van der Waals surface area contributed by atoms with Crippen molar-refractivity contribution in [1.29, 1.82) is 0 Å². The number of nitrogens with one attached hydrogen (secondary N) is 2. The molecule has 0 radical (unpaired) electrons. The van der Waals surface area contributed by atoms with E-state index in [9.17, 15) is 14.7 Å². The molecule has 0 heterocycles. The fourth-order valence-electron chi connectivity index (χ4n) is 3.58. The summed E-state index contributed by atoms with van der Waals surface area (Å²) in [4.78, 5) is 25.3.